The summed E-state index contributed by atoms with van der Waals surface area (Å²) in [5.74, 6) is 0.896. The van der Waals surface area contributed by atoms with E-state index in [1.807, 2.05) is 30.5 Å². The second-order valence-electron chi connectivity index (χ2n) is 8.15. The fourth-order valence-corrected chi connectivity index (χ4v) is 4.57. The number of aromatic nitrogens is 1. The summed E-state index contributed by atoms with van der Waals surface area (Å²) in [5.41, 5.74) is 3.20. The zero-order valence-corrected chi connectivity index (χ0v) is 16.5. The van der Waals surface area contributed by atoms with Crippen LogP contribution in [-0.2, 0) is 6.54 Å². The van der Waals surface area contributed by atoms with Crippen LogP contribution >= 0.6 is 0 Å². The smallest absolute Gasteiger partial charge is 0.231 e. The lowest BCUT2D eigenvalue weighted by Crippen LogP contribution is -3.14. The van der Waals surface area contributed by atoms with Gasteiger partial charge in [0.05, 0.1) is 23.7 Å². The Balaban J connectivity index is 1.50. The number of hydrogen-bond donors (Lipinski definition) is 3. The molecule has 0 saturated carbocycles. The number of carbonyl (C=O) groups excluding carboxylic acids is 1. The number of likely N-dealkylation sites (tertiary alicyclic amines) is 1. The molecule has 29 heavy (non-hydrogen) atoms. The number of quaternary nitrogens is 1. The standard InChI is InChI=1S/C24H24N2O3/c1-15-6-4-5-11-26(15)14-19-21(27)10-9-18-23(28)22(29-24(18)19)12-16-13-25-20-8-3-2-7-17(16)20/h2-3,7-10,12-13,15,25,27H,4-6,11,14H2,1H3/p+1/b22-12-/t15-/m0/s1. The molecule has 3 heterocycles. The Morgan fingerprint density at radius 2 is 2.10 bits per heavy atom. The van der Waals surface area contributed by atoms with Gasteiger partial charge in [0.2, 0.25) is 5.78 Å². The normalized spacial score (nSPS) is 22.8. The fourth-order valence-electron chi connectivity index (χ4n) is 4.57. The minimum Gasteiger partial charge on any atom is -0.507 e. The van der Waals surface area contributed by atoms with E-state index in [-0.39, 0.29) is 11.5 Å². The average Bonchev–Trinajstić information content (AvgIpc) is 3.28. The molecule has 2 aromatic carbocycles. The molecule has 2 aliphatic heterocycles. The highest BCUT2D eigenvalue weighted by molar-refractivity contribution is 6.15. The van der Waals surface area contributed by atoms with Gasteiger partial charge in [-0.2, -0.15) is 0 Å². The predicted molar refractivity (Wildman–Crippen MR) is 112 cm³/mol. The van der Waals surface area contributed by atoms with Gasteiger partial charge in [-0.3, -0.25) is 4.79 Å². The van der Waals surface area contributed by atoms with E-state index < -0.39 is 0 Å². The molecule has 5 heteroatoms. The van der Waals surface area contributed by atoms with E-state index in [1.54, 1.807) is 18.2 Å². The summed E-state index contributed by atoms with van der Waals surface area (Å²) in [5, 5.41) is 11.6. The van der Waals surface area contributed by atoms with E-state index in [2.05, 4.69) is 11.9 Å². The van der Waals surface area contributed by atoms with Gasteiger partial charge >= 0.3 is 0 Å². The van der Waals surface area contributed by atoms with Crippen molar-refractivity contribution in [2.24, 2.45) is 0 Å². The third kappa shape index (κ3) is 3.12. The van der Waals surface area contributed by atoms with E-state index in [0.717, 1.165) is 28.6 Å². The number of ether oxygens (including phenoxy) is 1. The van der Waals surface area contributed by atoms with E-state index in [9.17, 15) is 9.90 Å². The summed E-state index contributed by atoms with van der Waals surface area (Å²) in [7, 11) is 0. The van der Waals surface area contributed by atoms with Crippen LogP contribution in [0.2, 0.25) is 0 Å². The number of benzene rings is 2. The van der Waals surface area contributed by atoms with Crippen molar-refractivity contribution in [3.05, 3.63) is 65.0 Å². The Hall–Kier alpha value is -3.05. The Bertz CT molecular complexity index is 1130. The number of fused-ring (bicyclic) bond motifs is 2. The van der Waals surface area contributed by atoms with Gasteiger partial charge in [-0.1, -0.05) is 18.2 Å². The molecule has 0 amide bonds. The quantitative estimate of drug-likeness (QED) is 0.601. The zero-order chi connectivity index (χ0) is 20.0. The van der Waals surface area contributed by atoms with Crippen LogP contribution in [0.25, 0.3) is 17.0 Å². The number of aromatic amines is 1. The van der Waals surface area contributed by atoms with Crippen LogP contribution in [-0.4, -0.2) is 28.5 Å². The third-order valence-corrected chi connectivity index (χ3v) is 6.31. The molecule has 0 bridgehead atoms. The number of aromatic hydroxyl groups is 1. The summed E-state index contributed by atoms with van der Waals surface area (Å²) in [6.45, 7) is 4.00. The van der Waals surface area contributed by atoms with Crippen LogP contribution in [0.4, 0.5) is 0 Å². The van der Waals surface area contributed by atoms with Crippen LogP contribution in [0.3, 0.4) is 0 Å². The van der Waals surface area contributed by atoms with E-state index in [4.69, 9.17) is 4.74 Å². The molecular weight excluding hydrogens is 364 g/mol. The average molecular weight is 389 g/mol. The van der Waals surface area contributed by atoms with Gasteiger partial charge in [-0.15, -0.1) is 0 Å². The number of carbonyl (C=O) groups is 1. The third-order valence-electron chi connectivity index (χ3n) is 6.31. The topological polar surface area (TPSA) is 66.8 Å². The number of phenols is 1. The molecule has 3 N–H and O–H groups in total. The molecule has 1 fully saturated rings. The number of rotatable bonds is 3. The highest BCUT2D eigenvalue weighted by atomic mass is 16.5. The lowest BCUT2D eigenvalue weighted by atomic mass is 10.0. The second-order valence-corrected chi connectivity index (χ2v) is 8.15. The molecule has 1 saturated heterocycles. The number of phenolic OH excluding ortho intramolecular Hbond substituents is 1. The molecule has 0 spiro atoms. The van der Waals surface area contributed by atoms with Crippen LogP contribution in [0.5, 0.6) is 11.5 Å². The monoisotopic (exact) mass is 389 g/mol. The van der Waals surface area contributed by atoms with Gasteiger partial charge in [0.1, 0.15) is 12.3 Å². The summed E-state index contributed by atoms with van der Waals surface area (Å²) >= 11 is 0. The number of nitrogens with one attached hydrogen (secondary N) is 2. The number of Topliss-reactive ketones (excluding diaryl/α,β-unsaturated/α-hetero) is 1. The van der Waals surface area contributed by atoms with Crippen molar-refractivity contribution in [3.8, 4) is 11.5 Å². The van der Waals surface area contributed by atoms with Crippen LogP contribution in [0, 0.1) is 0 Å². The minimum absolute atomic E-state index is 0.131. The largest absolute Gasteiger partial charge is 0.507 e. The van der Waals surface area contributed by atoms with E-state index >= 15 is 0 Å². The van der Waals surface area contributed by atoms with Gasteiger partial charge in [0.25, 0.3) is 0 Å². The molecule has 3 aromatic rings. The second kappa shape index (κ2) is 7.08. The van der Waals surface area contributed by atoms with Crippen LogP contribution in [0.1, 0.15) is 47.7 Å². The maximum Gasteiger partial charge on any atom is 0.231 e. The molecular formula is C24H25N2O3+. The molecule has 2 aliphatic rings. The summed E-state index contributed by atoms with van der Waals surface area (Å²) in [4.78, 5) is 17.6. The molecule has 2 atom stereocenters. The first-order chi connectivity index (χ1) is 14.1. The van der Waals surface area contributed by atoms with Crippen molar-refractivity contribution in [2.45, 2.75) is 38.8 Å². The van der Waals surface area contributed by atoms with Crippen LogP contribution < -0.4 is 9.64 Å². The summed E-state index contributed by atoms with van der Waals surface area (Å²) < 4.78 is 6.05. The first kappa shape index (κ1) is 18.0. The fraction of sp³-hybridized carbons (Fsp3) is 0.292. The number of para-hydroxylation sites is 1. The first-order valence-electron chi connectivity index (χ1n) is 10.3. The molecule has 1 aromatic heterocycles. The number of allylic oxidation sites excluding steroid dienone is 1. The SMILES string of the molecule is C[C@H]1CCCC[NH+]1Cc1c(O)ccc2c1O/C(=C\c1c[nH]c3ccccc13)C2=O. The van der Waals surface area contributed by atoms with Gasteiger partial charge in [0, 0.05) is 22.7 Å². The van der Waals surface area contributed by atoms with Crippen molar-refractivity contribution in [1.29, 1.82) is 0 Å². The van der Waals surface area contributed by atoms with Gasteiger partial charge in [-0.25, -0.2) is 0 Å². The van der Waals surface area contributed by atoms with Crippen LogP contribution in [0.15, 0.2) is 48.4 Å². The summed E-state index contributed by atoms with van der Waals surface area (Å²) in [6, 6.07) is 11.8. The Labute approximate surface area is 169 Å². The van der Waals surface area contributed by atoms with Gasteiger partial charge in [-0.05, 0) is 50.5 Å². The number of ketones is 1. The van der Waals surface area contributed by atoms with Crippen molar-refractivity contribution >= 4 is 22.8 Å². The Kier molecular flexibility index (Phi) is 4.40. The first-order valence-corrected chi connectivity index (χ1v) is 10.3. The highest BCUT2D eigenvalue weighted by Gasteiger charge is 2.34. The minimum atomic E-state index is -0.131. The lowest BCUT2D eigenvalue weighted by Gasteiger charge is -2.30. The van der Waals surface area contributed by atoms with Crippen molar-refractivity contribution in [3.63, 3.8) is 0 Å². The number of H-pyrrole nitrogens is 1. The molecule has 5 rings (SSSR count). The molecule has 1 unspecified atom stereocenters. The maximum absolute atomic E-state index is 13.0. The van der Waals surface area contributed by atoms with Gasteiger partial charge in [0.15, 0.2) is 11.5 Å². The molecule has 0 radical (unpaired) electrons. The highest BCUT2D eigenvalue weighted by Crippen LogP contribution is 2.39. The van der Waals surface area contributed by atoms with E-state index in [0.29, 0.717) is 29.7 Å². The molecule has 148 valence electrons. The number of piperidine rings is 1. The predicted octanol–water partition coefficient (Wildman–Crippen LogP) is 3.45. The Morgan fingerprint density at radius 3 is 2.97 bits per heavy atom. The molecule has 5 nitrogen and oxygen atoms in total. The lowest BCUT2D eigenvalue weighted by molar-refractivity contribution is -0.941. The maximum atomic E-state index is 13.0. The van der Waals surface area contributed by atoms with Crippen molar-refractivity contribution in [1.82, 2.24) is 4.98 Å². The van der Waals surface area contributed by atoms with E-state index in [1.165, 1.54) is 24.2 Å². The van der Waals surface area contributed by atoms with Gasteiger partial charge < -0.3 is 19.7 Å². The Morgan fingerprint density at radius 1 is 1.24 bits per heavy atom. The summed E-state index contributed by atoms with van der Waals surface area (Å²) in [6.07, 6.45) is 7.32. The van der Waals surface area contributed by atoms with Crippen molar-refractivity contribution < 1.29 is 19.5 Å². The zero-order valence-electron chi connectivity index (χ0n) is 16.5. The molecule has 0 aliphatic carbocycles. The number of hydrogen-bond acceptors (Lipinski definition) is 3. The van der Waals surface area contributed by atoms with Crippen molar-refractivity contribution in [2.75, 3.05) is 6.54 Å².